The lowest BCUT2D eigenvalue weighted by molar-refractivity contribution is 0.1000. The number of para-hydroxylation sites is 2. The summed E-state index contributed by atoms with van der Waals surface area (Å²) in [7, 11) is 0. The molecule has 0 aliphatic carbocycles. The summed E-state index contributed by atoms with van der Waals surface area (Å²) in [6.07, 6.45) is 2.37. The highest BCUT2D eigenvalue weighted by atomic mass is 16.5. The van der Waals surface area contributed by atoms with E-state index in [2.05, 4.69) is 64.6 Å². The average molecular weight is 453 g/mol. The summed E-state index contributed by atoms with van der Waals surface area (Å²) in [5.41, 5.74) is 8.04. The lowest BCUT2D eigenvalue weighted by Gasteiger charge is -2.36. The molecule has 34 heavy (non-hydrogen) atoms. The minimum atomic E-state index is -0.481. The summed E-state index contributed by atoms with van der Waals surface area (Å²) in [5, 5.41) is 6.21. The highest BCUT2D eigenvalue weighted by Gasteiger charge is 2.27. The van der Waals surface area contributed by atoms with Gasteiger partial charge in [-0.15, -0.1) is 0 Å². The number of carbonyl (C=O) groups excluding carboxylic acids is 1. The lowest BCUT2D eigenvalue weighted by Crippen LogP contribution is -2.39. The molecule has 172 valence electrons. The van der Waals surface area contributed by atoms with E-state index in [1.54, 1.807) is 6.07 Å². The minimum Gasteiger partial charge on any atom is -0.486 e. The van der Waals surface area contributed by atoms with E-state index in [-0.39, 0.29) is 12.1 Å². The molecule has 0 saturated carbocycles. The minimum absolute atomic E-state index is 0.000246. The molecule has 0 radical (unpaired) electrons. The van der Waals surface area contributed by atoms with Crippen LogP contribution in [0, 0.1) is 0 Å². The standard InChI is InChI=1S/C28H28N4O2/c1-19(23-10-6-8-20-7-2-3-9-24(20)23)30-16-15-22-18-32(25-11-4-5-12-26(25)34-22)27-14-13-21(17-31-27)28(29)33/h2-14,17,19,22,30H,15-16,18H2,1H3,(H2,29,33)/t19-,22+/m1/s1. The number of nitrogens with one attached hydrogen (secondary N) is 1. The van der Waals surface area contributed by atoms with Gasteiger partial charge in [0.2, 0.25) is 5.91 Å². The average Bonchev–Trinajstić information content (AvgIpc) is 2.88. The van der Waals surface area contributed by atoms with Gasteiger partial charge in [-0.3, -0.25) is 4.79 Å². The third kappa shape index (κ3) is 4.45. The molecule has 1 amide bonds. The van der Waals surface area contributed by atoms with Crippen LogP contribution in [0.1, 0.15) is 35.3 Å². The Kier molecular flexibility index (Phi) is 6.14. The highest BCUT2D eigenvalue weighted by Crippen LogP contribution is 2.37. The van der Waals surface area contributed by atoms with Crippen molar-refractivity contribution in [1.29, 1.82) is 0 Å². The van der Waals surface area contributed by atoms with Gasteiger partial charge in [0.25, 0.3) is 0 Å². The zero-order valence-corrected chi connectivity index (χ0v) is 19.1. The molecular weight excluding hydrogens is 424 g/mol. The van der Waals surface area contributed by atoms with Crippen molar-refractivity contribution < 1.29 is 9.53 Å². The molecule has 0 bridgehead atoms. The van der Waals surface area contributed by atoms with Crippen LogP contribution in [-0.2, 0) is 0 Å². The van der Waals surface area contributed by atoms with Gasteiger partial charge < -0.3 is 20.7 Å². The number of carbonyl (C=O) groups is 1. The van der Waals surface area contributed by atoms with Crippen LogP contribution >= 0.6 is 0 Å². The molecule has 1 aromatic heterocycles. The molecule has 6 heteroatoms. The summed E-state index contributed by atoms with van der Waals surface area (Å²) in [4.78, 5) is 18.1. The van der Waals surface area contributed by atoms with Crippen LogP contribution in [0.25, 0.3) is 10.8 Å². The molecular formula is C28H28N4O2. The normalized spacial score (nSPS) is 16.0. The number of primary amides is 1. The van der Waals surface area contributed by atoms with Gasteiger partial charge in [0.1, 0.15) is 17.7 Å². The van der Waals surface area contributed by atoms with E-state index in [0.717, 1.165) is 30.2 Å². The lowest BCUT2D eigenvalue weighted by atomic mass is 9.99. The van der Waals surface area contributed by atoms with Crippen LogP contribution in [0.15, 0.2) is 85.1 Å². The molecule has 0 saturated heterocycles. The second-order valence-electron chi connectivity index (χ2n) is 8.62. The van der Waals surface area contributed by atoms with Crippen molar-refractivity contribution in [3.63, 3.8) is 0 Å². The number of nitrogens with zero attached hydrogens (tertiary/aromatic N) is 2. The van der Waals surface area contributed by atoms with Crippen LogP contribution in [0.2, 0.25) is 0 Å². The SMILES string of the molecule is C[C@@H](NCC[C@H]1CN(c2ccc(C(N)=O)cn2)c2ccccc2O1)c1cccc2ccccc12. The topological polar surface area (TPSA) is 80.5 Å². The number of fused-ring (bicyclic) bond motifs is 2. The van der Waals surface area contributed by atoms with Gasteiger partial charge in [-0.05, 0) is 60.5 Å². The second-order valence-corrected chi connectivity index (χ2v) is 8.62. The maximum Gasteiger partial charge on any atom is 0.250 e. The third-order valence-corrected chi connectivity index (χ3v) is 6.35. The van der Waals surface area contributed by atoms with E-state index in [1.807, 2.05) is 30.3 Å². The first-order chi connectivity index (χ1) is 16.6. The molecule has 2 atom stereocenters. The molecule has 5 rings (SSSR count). The Morgan fingerprint density at radius 2 is 1.88 bits per heavy atom. The zero-order valence-electron chi connectivity index (χ0n) is 19.1. The van der Waals surface area contributed by atoms with Crippen LogP contribution in [0.4, 0.5) is 11.5 Å². The Hall–Kier alpha value is -3.90. The molecule has 4 aromatic rings. The van der Waals surface area contributed by atoms with Gasteiger partial charge in [0.05, 0.1) is 17.8 Å². The fourth-order valence-electron chi connectivity index (χ4n) is 4.56. The molecule has 1 aliphatic heterocycles. The Labute approximate surface area is 199 Å². The number of hydrogen-bond donors (Lipinski definition) is 2. The van der Waals surface area contributed by atoms with Crippen molar-refractivity contribution in [1.82, 2.24) is 10.3 Å². The van der Waals surface area contributed by atoms with E-state index >= 15 is 0 Å². The summed E-state index contributed by atoms with van der Waals surface area (Å²) >= 11 is 0. The molecule has 0 fully saturated rings. The van der Waals surface area contributed by atoms with E-state index in [9.17, 15) is 4.79 Å². The molecule has 3 aromatic carbocycles. The van der Waals surface area contributed by atoms with Crippen LogP contribution < -0.4 is 20.7 Å². The number of pyridine rings is 1. The molecule has 3 N–H and O–H groups in total. The molecule has 1 aliphatic rings. The predicted octanol–water partition coefficient (Wildman–Crippen LogP) is 4.97. The van der Waals surface area contributed by atoms with Gasteiger partial charge in [0, 0.05) is 12.2 Å². The Balaban J connectivity index is 1.28. The van der Waals surface area contributed by atoms with Gasteiger partial charge in [0.15, 0.2) is 0 Å². The second kappa shape index (κ2) is 9.53. The molecule has 0 spiro atoms. The maximum atomic E-state index is 11.4. The highest BCUT2D eigenvalue weighted by molar-refractivity contribution is 5.92. The van der Waals surface area contributed by atoms with Gasteiger partial charge in [-0.25, -0.2) is 4.98 Å². The van der Waals surface area contributed by atoms with Crippen molar-refractivity contribution in [3.8, 4) is 5.75 Å². The van der Waals surface area contributed by atoms with E-state index < -0.39 is 5.91 Å². The van der Waals surface area contributed by atoms with Gasteiger partial charge in [-0.1, -0.05) is 54.6 Å². The van der Waals surface area contributed by atoms with Crippen LogP contribution in [0.3, 0.4) is 0 Å². The largest absolute Gasteiger partial charge is 0.486 e. The number of rotatable bonds is 7. The number of anilines is 2. The van der Waals surface area contributed by atoms with Crippen molar-refractivity contribution in [3.05, 3.63) is 96.2 Å². The number of hydrogen-bond acceptors (Lipinski definition) is 5. The van der Waals surface area contributed by atoms with Crippen LogP contribution in [-0.4, -0.2) is 30.1 Å². The van der Waals surface area contributed by atoms with Crippen molar-refractivity contribution in [2.45, 2.75) is 25.5 Å². The van der Waals surface area contributed by atoms with E-state index in [0.29, 0.717) is 12.1 Å². The summed E-state index contributed by atoms with van der Waals surface area (Å²) in [5.74, 6) is 1.12. The fraction of sp³-hybridized carbons (Fsp3) is 0.214. The number of aromatic nitrogens is 1. The van der Waals surface area contributed by atoms with E-state index in [4.69, 9.17) is 10.5 Å². The summed E-state index contributed by atoms with van der Waals surface area (Å²) in [6.45, 7) is 3.69. The van der Waals surface area contributed by atoms with Crippen molar-refractivity contribution in [2.75, 3.05) is 18.0 Å². The number of benzene rings is 3. The molecule has 2 heterocycles. The monoisotopic (exact) mass is 452 g/mol. The predicted molar refractivity (Wildman–Crippen MR) is 136 cm³/mol. The van der Waals surface area contributed by atoms with Gasteiger partial charge in [-0.2, -0.15) is 0 Å². The Morgan fingerprint density at radius 3 is 2.71 bits per heavy atom. The Morgan fingerprint density at radius 1 is 1.09 bits per heavy atom. The number of nitrogens with two attached hydrogens (primary N) is 1. The number of ether oxygens (including phenoxy) is 1. The molecule has 0 unspecified atom stereocenters. The van der Waals surface area contributed by atoms with E-state index in [1.165, 1.54) is 22.5 Å². The first-order valence-electron chi connectivity index (χ1n) is 11.6. The maximum absolute atomic E-state index is 11.4. The quantitative estimate of drug-likeness (QED) is 0.414. The van der Waals surface area contributed by atoms with Crippen molar-refractivity contribution >= 4 is 28.2 Å². The smallest absolute Gasteiger partial charge is 0.250 e. The summed E-state index contributed by atoms with van der Waals surface area (Å²) in [6, 6.07) is 26.7. The third-order valence-electron chi connectivity index (χ3n) is 6.35. The Bertz CT molecular complexity index is 1300. The summed E-state index contributed by atoms with van der Waals surface area (Å²) < 4.78 is 6.32. The fourth-order valence-corrected chi connectivity index (χ4v) is 4.56. The first-order valence-corrected chi connectivity index (χ1v) is 11.6. The van der Waals surface area contributed by atoms with Crippen LogP contribution in [0.5, 0.6) is 5.75 Å². The van der Waals surface area contributed by atoms with Gasteiger partial charge >= 0.3 is 0 Å². The van der Waals surface area contributed by atoms with Crippen molar-refractivity contribution in [2.24, 2.45) is 5.73 Å². The molecule has 6 nitrogen and oxygen atoms in total. The number of amides is 1. The zero-order chi connectivity index (χ0) is 23.5. The first kappa shape index (κ1) is 21.9.